The van der Waals surface area contributed by atoms with Crippen molar-refractivity contribution in [2.24, 2.45) is 0 Å². The van der Waals surface area contributed by atoms with Crippen LogP contribution < -0.4 is 4.90 Å². The Labute approximate surface area is 151 Å². The summed E-state index contributed by atoms with van der Waals surface area (Å²) in [7, 11) is 0. The second-order valence-electron chi connectivity index (χ2n) is 6.24. The summed E-state index contributed by atoms with van der Waals surface area (Å²) in [6.07, 6.45) is 5.41. The SMILES string of the molecule is CC(=O)C1=C(C)N(c2cccnc2)C(C)=CC1c1cccc([N+](=O)[O-])c1. The Morgan fingerprint density at radius 2 is 2.00 bits per heavy atom. The Hall–Kier alpha value is -3.28. The number of hydrogen-bond acceptors (Lipinski definition) is 5. The van der Waals surface area contributed by atoms with Crippen LogP contribution in [0.2, 0.25) is 0 Å². The molecule has 0 saturated carbocycles. The van der Waals surface area contributed by atoms with Crippen molar-refractivity contribution in [3.8, 4) is 0 Å². The highest BCUT2D eigenvalue weighted by Crippen LogP contribution is 2.39. The third-order valence-electron chi connectivity index (χ3n) is 4.52. The number of ketones is 1. The maximum Gasteiger partial charge on any atom is 0.269 e. The molecule has 0 spiro atoms. The average Bonchev–Trinajstić information content (AvgIpc) is 2.61. The number of non-ortho nitro benzene ring substituents is 1. The Morgan fingerprint density at radius 1 is 1.23 bits per heavy atom. The largest absolute Gasteiger partial charge is 0.317 e. The Balaban J connectivity index is 2.14. The van der Waals surface area contributed by atoms with E-state index in [2.05, 4.69) is 4.98 Å². The predicted octanol–water partition coefficient (Wildman–Crippen LogP) is 4.36. The first-order valence-electron chi connectivity index (χ1n) is 8.24. The number of allylic oxidation sites excluding steroid dienone is 4. The molecule has 1 unspecified atom stereocenters. The van der Waals surface area contributed by atoms with Crippen molar-refractivity contribution in [1.82, 2.24) is 4.98 Å². The quantitative estimate of drug-likeness (QED) is 0.605. The van der Waals surface area contributed by atoms with Gasteiger partial charge in [-0.25, -0.2) is 0 Å². The third kappa shape index (κ3) is 3.13. The lowest BCUT2D eigenvalue weighted by Crippen LogP contribution is -2.28. The van der Waals surface area contributed by atoms with Gasteiger partial charge in [0.1, 0.15) is 0 Å². The van der Waals surface area contributed by atoms with Crippen LogP contribution >= 0.6 is 0 Å². The molecule has 2 heterocycles. The van der Waals surface area contributed by atoms with Crippen LogP contribution in [0.1, 0.15) is 32.3 Å². The summed E-state index contributed by atoms with van der Waals surface area (Å²) in [6, 6.07) is 10.2. The fourth-order valence-electron chi connectivity index (χ4n) is 3.46. The number of anilines is 1. The van der Waals surface area contributed by atoms with Gasteiger partial charge in [0, 0.05) is 41.2 Å². The summed E-state index contributed by atoms with van der Waals surface area (Å²) in [5.74, 6) is -0.378. The number of nitrogens with zero attached hydrogens (tertiary/aromatic N) is 3. The fraction of sp³-hybridized carbons (Fsp3) is 0.200. The molecule has 2 aromatic rings. The van der Waals surface area contributed by atoms with Gasteiger partial charge in [-0.05, 0) is 38.5 Å². The predicted molar refractivity (Wildman–Crippen MR) is 99.7 cm³/mol. The Morgan fingerprint density at radius 3 is 2.62 bits per heavy atom. The van der Waals surface area contributed by atoms with Gasteiger partial charge in [-0.1, -0.05) is 18.2 Å². The number of rotatable bonds is 4. The fourth-order valence-corrected chi connectivity index (χ4v) is 3.46. The highest BCUT2D eigenvalue weighted by Gasteiger charge is 2.30. The summed E-state index contributed by atoms with van der Waals surface area (Å²) in [5.41, 5.74) is 3.99. The minimum Gasteiger partial charge on any atom is -0.317 e. The van der Waals surface area contributed by atoms with E-state index in [4.69, 9.17) is 0 Å². The molecule has 26 heavy (non-hydrogen) atoms. The average molecular weight is 349 g/mol. The number of hydrogen-bond donors (Lipinski definition) is 0. The smallest absolute Gasteiger partial charge is 0.269 e. The van der Waals surface area contributed by atoms with Crippen molar-refractivity contribution >= 4 is 17.2 Å². The number of Topliss-reactive ketones (excluding diaryl/α,β-unsaturated/α-hetero) is 1. The number of carbonyl (C=O) groups excluding carboxylic acids is 1. The Kier molecular flexibility index (Phi) is 4.67. The maximum atomic E-state index is 12.4. The van der Waals surface area contributed by atoms with E-state index in [1.54, 1.807) is 18.5 Å². The van der Waals surface area contributed by atoms with Gasteiger partial charge in [-0.2, -0.15) is 0 Å². The lowest BCUT2D eigenvalue weighted by molar-refractivity contribution is -0.384. The first kappa shape index (κ1) is 17.5. The summed E-state index contributed by atoms with van der Waals surface area (Å²) >= 11 is 0. The molecule has 1 aromatic carbocycles. The van der Waals surface area contributed by atoms with Gasteiger partial charge < -0.3 is 4.90 Å². The van der Waals surface area contributed by atoms with E-state index < -0.39 is 4.92 Å². The molecule has 0 N–H and O–H groups in total. The molecule has 6 heteroatoms. The molecule has 0 radical (unpaired) electrons. The number of carbonyl (C=O) groups is 1. The highest BCUT2D eigenvalue weighted by molar-refractivity contribution is 5.97. The maximum absolute atomic E-state index is 12.4. The highest BCUT2D eigenvalue weighted by atomic mass is 16.6. The standard InChI is InChI=1S/C20H19N3O3/c1-13-10-19(16-6-4-7-17(11-16)23(25)26)20(15(3)24)14(2)22(13)18-8-5-9-21-12-18/h4-12,19H,1-3H3. The molecule has 0 bridgehead atoms. The van der Waals surface area contributed by atoms with E-state index in [-0.39, 0.29) is 17.4 Å². The zero-order chi connectivity index (χ0) is 18.8. The lowest BCUT2D eigenvalue weighted by Gasteiger charge is -2.34. The van der Waals surface area contributed by atoms with Crippen LogP contribution in [0.15, 0.2) is 71.8 Å². The van der Waals surface area contributed by atoms with Gasteiger partial charge >= 0.3 is 0 Å². The number of aromatic nitrogens is 1. The minimum atomic E-state index is -0.422. The molecule has 0 saturated heterocycles. The molecule has 1 atom stereocenters. The van der Waals surface area contributed by atoms with Gasteiger partial charge in [0.15, 0.2) is 5.78 Å². The molecule has 3 rings (SSSR count). The van der Waals surface area contributed by atoms with Crippen molar-refractivity contribution in [1.29, 1.82) is 0 Å². The molecular formula is C20H19N3O3. The Bertz CT molecular complexity index is 932. The van der Waals surface area contributed by atoms with Crippen molar-refractivity contribution in [2.75, 3.05) is 4.90 Å². The summed E-state index contributed by atoms with van der Waals surface area (Å²) < 4.78 is 0. The summed E-state index contributed by atoms with van der Waals surface area (Å²) in [6.45, 7) is 5.38. The molecule has 0 aliphatic carbocycles. The second kappa shape index (κ2) is 6.92. The topological polar surface area (TPSA) is 76.3 Å². The van der Waals surface area contributed by atoms with Crippen LogP contribution in [0.5, 0.6) is 0 Å². The van der Waals surface area contributed by atoms with Crippen LogP contribution in [0.25, 0.3) is 0 Å². The normalized spacial score (nSPS) is 17.1. The summed E-state index contributed by atoms with van der Waals surface area (Å²) in [4.78, 5) is 29.3. The first-order chi connectivity index (χ1) is 12.4. The molecule has 132 valence electrons. The molecule has 0 fully saturated rings. The van der Waals surface area contributed by atoms with Crippen LogP contribution in [-0.4, -0.2) is 15.7 Å². The van der Waals surface area contributed by atoms with Gasteiger partial charge in [0.2, 0.25) is 0 Å². The van der Waals surface area contributed by atoms with Crippen LogP contribution in [0, 0.1) is 10.1 Å². The second-order valence-corrected chi connectivity index (χ2v) is 6.24. The van der Waals surface area contributed by atoms with E-state index in [0.29, 0.717) is 5.57 Å². The van der Waals surface area contributed by atoms with Gasteiger partial charge in [0.25, 0.3) is 5.69 Å². The van der Waals surface area contributed by atoms with Crippen molar-refractivity contribution in [3.05, 3.63) is 87.5 Å². The monoisotopic (exact) mass is 349 g/mol. The van der Waals surface area contributed by atoms with Gasteiger partial charge in [-0.3, -0.25) is 19.9 Å². The summed E-state index contributed by atoms with van der Waals surface area (Å²) in [5, 5.41) is 11.1. The number of pyridine rings is 1. The van der Waals surface area contributed by atoms with Gasteiger partial charge in [-0.15, -0.1) is 0 Å². The van der Waals surface area contributed by atoms with Crippen molar-refractivity contribution in [2.45, 2.75) is 26.7 Å². The third-order valence-corrected chi connectivity index (χ3v) is 4.52. The van der Waals surface area contributed by atoms with Gasteiger partial charge in [0.05, 0.1) is 16.8 Å². The number of nitro benzene ring substituents is 1. The molecule has 1 aliphatic rings. The van der Waals surface area contributed by atoms with Crippen molar-refractivity contribution < 1.29 is 9.72 Å². The minimum absolute atomic E-state index is 0.0174. The first-order valence-corrected chi connectivity index (χ1v) is 8.24. The van der Waals surface area contributed by atoms with E-state index in [1.807, 2.05) is 43.0 Å². The molecule has 1 aromatic heterocycles. The van der Waals surface area contributed by atoms with Crippen LogP contribution in [0.4, 0.5) is 11.4 Å². The lowest BCUT2D eigenvalue weighted by atomic mass is 9.84. The zero-order valence-corrected chi connectivity index (χ0v) is 14.8. The number of nitro groups is 1. The van der Waals surface area contributed by atoms with Crippen molar-refractivity contribution in [3.63, 3.8) is 0 Å². The molecule has 0 amide bonds. The van der Waals surface area contributed by atoms with E-state index >= 15 is 0 Å². The van der Waals surface area contributed by atoms with Crippen LogP contribution in [-0.2, 0) is 4.79 Å². The van der Waals surface area contributed by atoms with E-state index in [9.17, 15) is 14.9 Å². The number of benzene rings is 1. The molecule has 1 aliphatic heterocycles. The van der Waals surface area contributed by atoms with Crippen LogP contribution in [0.3, 0.4) is 0 Å². The zero-order valence-electron chi connectivity index (χ0n) is 14.8. The molecule has 6 nitrogen and oxygen atoms in total. The van der Waals surface area contributed by atoms with E-state index in [1.165, 1.54) is 19.1 Å². The molecular weight excluding hydrogens is 330 g/mol. The van der Waals surface area contributed by atoms with E-state index in [0.717, 1.165) is 22.6 Å².